The monoisotopic (exact) mass is 426 g/mol. The molecule has 24 heavy (non-hydrogen) atoms. The SMILES string of the molecule is C[Si](C)=[Zr+][CH](C1C=Cc2ccccc21)C1C=Cc2ccccc21.[Cl-]. The molecule has 0 aliphatic heterocycles. The van der Waals surface area contributed by atoms with Crippen molar-refractivity contribution in [3.05, 3.63) is 82.9 Å². The first kappa shape index (κ1) is 18.1. The molecule has 2 aromatic rings. The van der Waals surface area contributed by atoms with E-state index in [2.05, 4.69) is 85.9 Å². The molecule has 4 rings (SSSR count). The van der Waals surface area contributed by atoms with Crippen LogP contribution in [0.15, 0.2) is 60.7 Å². The van der Waals surface area contributed by atoms with Crippen molar-refractivity contribution >= 4 is 17.6 Å². The molecule has 120 valence electrons. The summed E-state index contributed by atoms with van der Waals surface area (Å²) in [6, 6.07) is 18.0. The van der Waals surface area contributed by atoms with Crippen LogP contribution in [0.2, 0.25) is 16.7 Å². The van der Waals surface area contributed by atoms with Crippen LogP contribution in [0, 0.1) is 0 Å². The Labute approximate surface area is 162 Å². The Morgan fingerprint density at radius 3 is 1.71 bits per heavy atom. The fraction of sp³-hybridized carbons (Fsp3) is 0.238. The number of allylic oxidation sites excluding steroid dienone is 2. The van der Waals surface area contributed by atoms with E-state index in [0.717, 1.165) is 3.63 Å². The zero-order valence-electron chi connectivity index (χ0n) is 14.0. The molecule has 0 fully saturated rings. The van der Waals surface area contributed by atoms with Crippen LogP contribution in [-0.4, -0.2) is 5.43 Å². The predicted molar refractivity (Wildman–Crippen MR) is 97.7 cm³/mol. The third-order valence-corrected chi connectivity index (χ3v) is 14.3. The van der Waals surface area contributed by atoms with E-state index in [4.69, 9.17) is 0 Å². The smallest absolute Gasteiger partial charge is 1.00 e. The largest absolute Gasteiger partial charge is 1.00 e. The third kappa shape index (κ3) is 3.34. The van der Waals surface area contributed by atoms with Crippen molar-refractivity contribution in [2.24, 2.45) is 0 Å². The molecule has 0 saturated carbocycles. The zero-order chi connectivity index (χ0) is 15.8. The van der Waals surface area contributed by atoms with Gasteiger partial charge in [0.25, 0.3) is 0 Å². The summed E-state index contributed by atoms with van der Waals surface area (Å²) in [5, 5.41) is 0. The molecule has 2 aliphatic rings. The fourth-order valence-corrected chi connectivity index (χ4v) is 13.9. The van der Waals surface area contributed by atoms with E-state index >= 15 is 0 Å². The number of hydrogen-bond donors (Lipinski definition) is 0. The average molecular weight is 428 g/mol. The Morgan fingerprint density at radius 2 is 1.25 bits per heavy atom. The van der Waals surface area contributed by atoms with Crippen LogP contribution in [0.1, 0.15) is 34.1 Å². The van der Waals surface area contributed by atoms with Gasteiger partial charge in [-0.2, -0.15) is 0 Å². The van der Waals surface area contributed by atoms with Gasteiger partial charge in [-0.1, -0.05) is 0 Å². The van der Waals surface area contributed by atoms with Crippen LogP contribution < -0.4 is 12.4 Å². The van der Waals surface area contributed by atoms with Crippen LogP contribution in [0.25, 0.3) is 12.2 Å². The molecule has 2 unspecified atom stereocenters. The summed E-state index contributed by atoms with van der Waals surface area (Å²) in [6.45, 7) is 5.05. The van der Waals surface area contributed by atoms with Gasteiger partial charge in [0.2, 0.25) is 0 Å². The Kier molecular flexibility index (Phi) is 5.80. The summed E-state index contributed by atoms with van der Waals surface area (Å²) in [6.07, 6.45) is 9.70. The van der Waals surface area contributed by atoms with E-state index in [1.54, 1.807) is 11.1 Å². The first-order valence-corrected chi connectivity index (χ1v) is 16.0. The van der Waals surface area contributed by atoms with Gasteiger partial charge in [0.1, 0.15) is 0 Å². The number of fused-ring (bicyclic) bond motifs is 2. The first-order valence-electron chi connectivity index (χ1n) is 8.35. The molecule has 0 amide bonds. The van der Waals surface area contributed by atoms with Crippen molar-refractivity contribution in [1.29, 1.82) is 0 Å². The third-order valence-electron chi connectivity index (χ3n) is 4.91. The molecule has 2 aliphatic carbocycles. The second-order valence-corrected chi connectivity index (χ2v) is 20.1. The van der Waals surface area contributed by atoms with Crippen LogP contribution in [0.4, 0.5) is 0 Å². The van der Waals surface area contributed by atoms with Crippen LogP contribution in [0.5, 0.6) is 0 Å². The molecule has 0 spiro atoms. The summed E-state index contributed by atoms with van der Waals surface area (Å²) in [5.74, 6) is 1.28. The van der Waals surface area contributed by atoms with Gasteiger partial charge in [-0.25, -0.2) is 0 Å². The van der Waals surface area contributed by atoms with Gasteiger partial charge >= 0.3 is 151 Å². The summed E-state index contributed by atoms with van der Waals surface area (Å²) < 4.78 is 0.849. The van der Waals surface area contributed by atoms with Gasteiger partial charge in [0.15, 0.2) is 0 Å². The Bertz CT molecular complexity index is 772. The van der Waals surface area contributed by atoms with Crippen LogP contribution in [-0.2, 0) is 21.9 Å². The second-order valence-electron chi connectivity index (χ2n) is 6.70. The average Bonchev–Trinajstić information content (AvgIpc) is 3.17. The van der Waals surface area contributed by atoms with E-state index in [9.17, 15) is 0 Å². The molecule has 0 N–H and O–H groups in total. The molecule has 0 nitrogen and oxygen atoms in total. The predicted octanol–water partition coefficient (Wildman–Crippen LogP) is 2.73. The molecule has 2 aromatic carbocycles. The summed E-state index contributed by atoms with van der Waals surface area (Å²) in [5.41, 5.74) is 5.92. The van der Waals surface area contributed by atoms with Crippen LogP contribution >= 0.6 is 0 Å². The Balaban J connectivity index is 0.00000169. The van der Waals surface area contributed by atoms with Gasteiger partial charge < -0.3 is 12.4 Å². The van der Waals surface area contributed by atoms with Crippen molar-refractivity contribution in [3.8, 4) is 0 Å². The van der Waals surface area contributed by atoms with E-state index in [1.807, 2.05) is 0 Å². The van der Waals surface area contributed by atoms with Crippen molar-refractivity contribution < 1.29 is 34.3 Å². The van der Waals surface area contributed by atoms with E-state index in [1.165, 1.54) is 11.1 Å². The number of hydrogen-bond acceptors (Lipinski definition) is 0. The summed E-state index contributed by atoms with van der Waals surface area (Å²) >= 11 is -0.400. The molecule has 3 heteroatoms. The maximum Gasteiger partial charge on any atom is -1.00 e. The van der Waals surface area contributed by atoms with E-state index in [-0.39, 0.29) is 17.8 Å². The zero-order valence-corrected chi connectivity index (χ0v) is 18.3. The minimum Gasteiger partial charge on any atom is -1.00 e. The molecule has 0 bridgehead atoms. The maximum atomic E-state index is 2.53. The van der Waals surface area contributed by atoms with Crippen molar-refractivity contribution in [2.45, 2.75) is 28.6 Å². The number of benzene rings is 2. The van der Waals surface area contributed by atoms with Crippen LogP contribution in [0.3, 0.4) is 0 Å². The summed E-state index contributed by atoms with van der Waals surface area (Å²) in [7, 11) is 0. The molecule has 0 aromatic heterocycles. The van der Waals surface area contributed by atoms with Gasteiger partial charge in [0, 0.05) is 0 Å². The minimum atomic E-state index is -0.400. The maximum absolute atomic E-state index is 2.53. The van der Waals surface area contributed by atoms with E-state index < -0.39 is 21.9 Å². The summed E-state index contributed by atoms with van der Waals surface area (Å²) in [4.78, 5) is 0. The molecule has 0 radical (unpaired) electrons. The second kappa shape index (κ2) is 7.68. The normalized spacial score (nSPS) is 20.8. The van der Waals surface area contributed by atoms with Gasteiger partial charge in [0.05, 0.1) is 0 Å². The number of halogens is 1. The topological polar surface area (TPSA) is 0 Å². The molecular formula is C21H21ClSiZr. The quantitative estimate of drug-likeness (QED) is 0.660. The van der Waals surface area contributed by atoms with Crippen molar-refractivity contribution in [1.82, 2.24) is 0 Å². The number of rotatable bonds is 3. The molecule has 2 atom stereocenters. The Morgan fingerprint density at radius 1 is 0.792 bits per heavy atom. The molecular weight excluding hydrogens is 407 g/mol. The molecule has 0 saturated heterocycles. The van der Waals surface area contributed by atoms with Gasteiger partial charge in [-0.15, -0.1) is 0 Å². The van der Waals surface area contributed by atoms with Gasteiger partial charge in [-0.3, -0.25) is 0 Å². The first-order chi connectivity index (χ1) is 11.2. The van der Waals surface area contributed by atoms with E-state index in [0.29, 0.717) is 11.8 Å². The fourth-order valence-electron chi connectivity index (χ4n) is 3.92. The van der Waals surface area contributed by atoms with Crippen molar-refractivity contribution in [2.75, 3.05) is 0 Å². The Hall–Kier alpha value is -0.690. The van der Waals surface area contributed by atoms with Crippen molar-refractivity contribution in [3.63, 3.8) is 0 Å². The molecule has 0 heterocycles. The van der Waals surface area contributed by atoms with Gasteiger partial charge in [-0.05, 0) is 0 Å². The standard InChI is InChI=1S/C19H15.C2H6Si.ClH.Zr/c1-3-7-18-14(5-1)9-11-16(18)13-17-12-10-15-6-2-4-8-19(15)17;1-3-2;;/h1-13,16-17H;1-2H3;1H;/q;;;+1/p-1. The minimum absolute atomic E-state index is 0.